The van der Waals surface area contributed by atoms with Crippen molar-refractivity contribution >= 4 is 6.09 Å². The molecule has 1 saturated heterocycles. The number of nitrogens with zero attached hydrogens (tertiary/aromatic N) is 2. The molecule has 1 aliphatic rings. The molecule has 1 fully saturated rings. The molecule has 0 aliphatic carbocycles. The Kier molecular flexibility index (Phi) is 3.72. The first-order valence-corrected chi connectivity index (χ1v) is 5.41. The van der Waals surface area contributed by atoms with Crippen molar-refractivity contribution in [3.63, 3.8) is 0 Å². The predicted octanol–water partition coefficient (Wildman–Crippen LogP) is 1.66. The minimum atomic E-state index is -0.557. The van der Waals surface area contributed by atoms with E-state index in [9.17, 15) is 14.9 Å². The highest BCUT2D eigenvalue weighted by atomic mass is 16.6. The van der Waals surface area contributed by atoms with Gasteiger partial charge in [-0.3, -0.25) is 15.0 Å². The Morgan fingerprint density at radius 2 is 2.19 bits per heavy atom. The van der Waals surface area contributed by atoms with Gasteiger partial charge in [0.25, 0.3) is 0 Å². The first-order valence-electron chi connectivity index (χ1n) is 5.41. The van der Waals surface area contributed by atoms with Gasteiger partial charge >= 0.3 is 6.09 Å². The van der Waals surface area contributed by atoms with Crippen molar-refractivity contribution in [2.75, 3.05) is 13.1 Å². The fraction of sp³-hybridized carbons (Fsp3) is 0.900. The normalized spacial score (nSPS) is 20.9. The molecule has 1 unspecified atom stereocenters. The van der Waals surface area contributed by atoms with E-state index in [0.717, 1.165) is 6.42 Å². The Morgan fingerprint density at radius 3 is 2.69 bits per heavy atom. The molecule has 1 aliphatic heterocycles. The molecular weight excluding hydrogens is 212 g/mol. The molecule has 0 N–H and O–H groups in total. The van der Waals surface area contributed by atoms with Gasteiger partial charge in [-0.15, -0.1) is 0 Å². The zero-order valence-electron chi connectivity index (χ0n) is 9.93. The molecule has 0 bridgehead atoms. The summed E-state index contributed by atoms with van der Waals surface area (Å²) >= 11 is 0. The zero-order chi connectivity index (χ0) is 12.3. The smallest absolute Gasteiger partial charge is 0.410 e. The molecule has 6 heteroatoms. The van der Waals surface area contributed by atoms with Gasteiger partial charge in [-0.25, -0.2) is 4.79 Å². The van der Waals surface area contributed by atoms with Crippen LogP contribution in [0.5, 0.6) is 0 Å². The molecule has 1 atom stereocenters. The van der Waals surface area contributed by atoms with Gasteiger partial charge in [-0.1, -0.05) is 0 Å². The maximum atomic E-state index is 11.7. The molecule has 1 heterocycles. The number of ether oxygens (including phenoxy) is 1. The molecule has 0 aromatic rings. The molecular formula is C10H18N2O4. The lowest BCUT2D eigenvalue weighted by molar-refractivity contribution is -0.485. The van der Waals surface area contributed by atoms with Crippen molar-refractivity contribution in [3.8, 4) is 0 Å². The van der Waals surface area contributed by atoms with Crippen molar-refractivity contribution in [3.05, 3.63) is 10.1 Å². The summed E-state index contributed by atoms with van der Waals surface area (Å²) in [5.41, 5.74) is -0.557. The predicted molar refractivity (Wildman–Crippen MR) is 57.8 cm³/mol. The number of carbonyl (C=O) groups excluding carboxylic acids is 1. The molecule has 6 nitrogen and oxygen atoms in total. The van der Waals surface area contributed by atoms with Crippen LogP contribution in [0, 0.1) is 10.1 Å². The number of hydrogen-bond donors (Lipinski definition) is 0. The molecule has 0 aromatic carbocycles. The Morgan fingerprint density at radius 1 is 1.56 bits per heavy atom. The summed E-state index contributed by atoms with van der Waals surface area (Å²) < 4.78 is 5.20. The van der Waals surface area contributed by atoms with Crippen LogP contribution in [-0.2, 0) is 4.74 Å². The van der Waals surface area contributed by atoms with Gasteiger partial charge in [0.05, 0.1) is 6.04 Å². The SMILES string of the molecule is CC(C)(C)OC(=O)N1CCCC1C[N+](=O)[O-]. The number of hydrogen-bond acceptors (Lipinski definition) is 4. The Bertz CT molecular complexity index is 285. The fourth-order valence-electron chi connectivity index (χ4n) is 1.76. The van der Waals surface area contributed by atoms with Crippen molar-refractivity contribution in [1.82, 2.24) is 4.90 Å². The lowest BCUT2D eigenvalue weighted by atomic mass is 10.2. The van der Waals surface area contributed by atoms with E-state index >= 15 is 0 Å². The van der Waals surface area contributed by atoms with E-state index < -0.39 is 11.7 Å². The molecule has 0 spiro atoms. The molecule has 92 valence electrons. The monoisotopic (exact) mass is 230 g/mol. The summed E-state index contributed by atoms with van der Waals surface area (Å²) in [5.74, 6) is 0. The highest BCUT2D eigenvalue weighted by molar-refractivity contribution is 5.68. The average molecular weight is 230 g/mol. The highest BCUT2D eigenvalue weighted by Gasteiger charge is 2.34. The standard InChI is InChI=1S/C10H18N2O4/c1-10(2,3)16-9(13)11-6-4-5-8(11)7-12(14)15/h8H,4-7H2,1-3H3. The van der Waals surface area contributed by atoms with Gasteiger partial charge in [0.15, 0.2) is 0 Å². The highest BCUT2D eigenvalue weighted by Crippen LogP contribution is 2.20. The van der Waals surface area contributed by atoms with Gasteiger partial charge in [0.1, 0.15) is 5.60 Å². The summed E-state index contributed by atoms with van der Waals surface area (Å²) in [4.78, 5) is 23.3. The second-order valence-electron chi connectivity index (χ2n) is 4.99. The summed E-state index contributed by atoms with van der Waals surface area (Å²) in [5, 5.41) is 10.4. The van der Waals surface area contributed by atoms with Gasteiger partial charge in [0.2, 0.25) is 6.54 Å². The summed E-state index contributed by atoms with van der Waals surface area (Å²) in [6, 6.07) is -0.315. The first-order chi connectivity index (χ1) is 7.29. The quantitative estimate of drug-likeness (QED) is 0.534. The Balaban J connectivity index is 2.57. The third-order valence-corrected chi connectivity index (χ3v) is 2.36. The van der Waals surface area contributed by atoms with Crippen molar-refractivity contribution in [2.45, 2.75) is 45.3 Å². The van der Waals surface area contributed by atoms with Crippen LogP contribution in [0.4, 0.5) is 4.79 Å². The lowest BCUT2D eigenvalue weighted by Crippen LogP contribution is -2.42. The Hall–Kier alpha value is -1.33. The van der Waals surface area contributed by atoms with E-state index in [2.05, 4.69) is 0 Å². The molecule has 0 saturated carbocycles. The van der Waals surface area contributed by atoms with Crippen LogP contribution in [-0.4, -0.2) is 40.6 Å². The minimum Gasteiger partial charge on any atom is -0.444 e. The van der Waals surface area contributed by atoms with Gasteiger partial charge < -0.3 is 4.74 Å². The second kappa shape index (κ2) is 4.67. The van der Waals surface area contributed by atoms with E-state index in [1.54, 1.807) is 20.8 Å². The second-order valence-corrected chi connectivity index (χ2v) is 4.99. The molecule has 16 heavy (non-hydrogen) atoms. The van der Waals surface area contributed by atoms with Crippen LogP contribution in [0.15, 0.2) is 0 Å². The van der Waals surface area contributed by atoms with Crippen molar-refractivity contribution in [2.24, 2.45) is 0 Å². The third-order valence-electron chi connectivity index (χ3n) is 2.36. The number of amides is 1. The molecule has 0 aromatic heterocycles. The van der Waals surface area contributed by atoms with Gasteiger partial charge in [0, 0.05) is 11.5 Å². The van der Waals surface area contributed by atoms with Crippen LogP contribution in [0.3, 0.4) is 0 Å². The number of likely N-dealkylation sites (tertiary alicyclic amines) is 1. The lowest BCUT2D eigenvalue weighted by Gasteiger charge is -2.26. The summed E-state index contributed by atoms with van der Waals surface area (Å²) in [7, 11) is 0. The molecule has 1 amide bonds. The molecule has 1 rings (SSSR count). The number of rotatable bonds is 2. The minimum absolute atomic E-state index is 0.195. The molecule has 0 radical (unpaired) electrons. The summed E-state index contributed by atoms with van der Waals surface area (Å²) in [6.45, 7) is 5.70. The van der Waals surface area contributed by atoms with E-state index in [1.807, 2.05) is 0 Å². The van der Waals surface area contributed by atoms with Gasteiger partial charge in [-0.05, 0) is 33.6 Å². The topological polar surface area (TPSA) is 72.7 Å². The van der Waals surface area contributed by atoms with Crippen LogP contribution >= 0.6 is 0 Å². The van der Waals surface area contributed by atoms with E-state index in [0.29, 0.717) is 13.0 Å². The largest absolute Gasteiger partial charge is 0.444 e. The number of nitro groups is 1. The van der Waals surface area contributed by atoms with E-state index in [-0.39, 0.29) is 17.5 Å². The zero-order valence-corrected chi connectivity index (χ0v) is 9.93. The van der Waals surface area contributed by atoms with Crippen molar-refractivity contribution in [1.29, 1.82) is 0 Å². The van der Waals surface area contributed by atoms with Gasteiger partial charge in [-0.2, -0.15) is 0 Å². The maximum Gasteiger partial charge on any atom is 0.410 e. The van der Waals surface area contributed by atoms with Crippen LogP contribution in [0.25, 0.3) is 0 Å². The maximum absolute atomic E-state index is 11.7. The third kappa shape index (κ3) is 3.67. The van der Waals surface area contributed by atoms with Crippen molar-refractivity contribution < 1.29 is 14.5 Å². The van der Waals surface area contributed by atoms with Crippen LogP contribution in [0.1, 0.15) is 33.6 Å². The fourth-order valence-corrected chi connectivity index (χ4v) is 1.76. The van der Waals surface area contributed by atoms with E-state index in [4.69, 9.17) is 4.74 Å². The van der Waals surface area contributed by atoms with Crippen LogP contribution in [0.2, 0.25) is 0 Å². The number of carbonyl (C=O) groups is 1. The van der Waals surface area contributed by atoms with E-state index in [1.165, 1.54) is 4.90 Å². The average Bonchev–Trinajstić information content (AvgIpc) is 2.47. The Labute approximate surface area is 94.7 Å². The summed E-state index contributed by atoms with van der Waals surface area (Å²) in [6.07, 6.45) is 1.04. The first kappa shape index (κ1) is 12.7. The van der Waals surface area contributed by atoms with Crippen LogP contribution < -0.4 is 0 Å².